The molecule has 0 spiro atoms. The number of H-pyrrole nitrogens is 1. The molecule has 0 bridgehead atoms. The lowest BCUT2D eigenvalue weighted by molar-refractivity contribution is 0.122. The van der Waals surface area contributed by atoms with Gasteiger partial charge in [0.1, 0.15) is 16.4 Å². The Balaban J connectivity index is 1.77. The van der Waals surface area contributed by atoms with Gasteiger partial charge in [0, 0.05) is 30.2 Å². The lowest BCUT2D eigenvalue weighted by Gasteiger charge is -2.29. The van der Waals surface area contributed by atoms with E-state index in [2.05, 4.69) is 39.0 Å². The molecule has 2 aromatic heterocycles. The number of aromatic nitrogens is 3. The molecule has 0 amide bonds. The molecule has 2 saturated heterocycles. The fourth-order valence-corrected chi connectivity index (χ4v) is 4.58. The molecule has 2 aliphatic rings. The van der Waals surface area contributed by atoms with Crippen LogP contribution in [0, 0.1) is 0 Å². The van der Waals surface area contributed by atoms with Crippen LogP contribution in [-0.4, -0.2) is 60.4 Å². The molecule has 2 aromatic rings. The Morgan fingerprint density at radius 1 is 1.38 bits per heavy atom. The number of morpholine rings is 1. The van der Waals surface area contributed by atoms with Gasteiger partial charge in [-0.3, -0.25) is 9.78 Å². The molecule has 4 rings (SSSR count). The predicted octanol–water partition coefficient (Wildman–Crippen LogP) is 0.495. The van der Waals surface area contributed by atoms with Crippen molar-refractivity contribution in [2.45, 2.75) is 32.2 Å². The van der Waals surface area contributed by atoms with Crippen molar-refractivity contribution in [1.82, 2.24) is 20.3 Å². The van der Waals surface area contributed by atoms with Crippen LogP contribution >= 0.6 is 11.3 Å². The third-order valence-corrected chi connectivity index (χ3v) is 6.14. The highest BCUT2D eigenvalue weighted by molar-refractivity contribution is 7.12. The van der Waals surface area contributed by atoms with Crippen molar-refractivity contribution in [3.05, 3.63) is 20.2 Å². The summed E-state index contributed by atoms with van der Waals surface area (Å²) < 4.78 is 6.30. The Labute approximate surface area is 173 Å². The molecule has 3 N–H and O–H groups in total. The molecular formula is C20H28N6O2S. The number of aromatic amines is 1. The summed E-state index contributed by atoms with van der Waals surface area (Å²) >= 11 is 1.44. The van der Waals surface area contributed by atoms with Crippen molar-refractivity contribution >= 4 is 35.8 Å². The maximum atomic E-state index is 13.2. The van der Waals surface area contributed by atoms with Gasteiger partial charge in [0.2, 0.25) is 5.95 Å². The molecule has 1 atom stereocenters. The van der Waals surface area contributed by atoms with Crippen LogP contribution in [0.3, 0.4) is 0 Å². The summed E-state index contributed by atoms with van der Waals surface area (Å²) in [4.78, 5) is 27.7. The molecule has 8 nitrogen and oxygen atoms in total. The van der Waals surface area contributed by atoms with E-state index in [1.165, 1.54) is 11.3 Å². The molecule has 2 aliphatic heterocycles. The van der Waals surface area contributed by atoms with Crippen LogP contribution in [0.4, 0.5) is 11.8 Å². The first-order chi connectivity index (χ1) is 14.2. The van der Waals surface area contributed by atoms with Crippen molar-refractivity contribution in [3.63, 3.8) is 0 Å². The number of hydrogen-bond acceptors (Lipinski definition) is 8. The van der Waals surface area contributed by atoms with E-state index in [-0.39, 0.29) is 11.6 Å². The second kappa shape index (κ2) is 9.06. The van der Waals surface area contributed by atoms with Crippen LogP contribution in [0.1, 0.15) is 26.2 Å². The number of hydrogen-bond donors (Lipinski definition) is 3. The van der Waals surface area contributed by atoms with Crippen molar-refractivity contribution < 1.29 is 4.74 Å². The zero-order valence-corrected chi connectivity index (χ0v) is 17.6. The van der Waals surface area contributed by atoms with E-state index in [0.29, 0.717) is 48.6 Å². The Kier molecular flexibility index (Phi) is 6.27. The quantitative estimate of drug-likeness (QED) is 0.653. The monoisotopic (exact) mass is 416 g/mol. The number of piperidine rings is 1. The summed E-state index contributed by atoms with van der Waals surface area (Å²) in [5, 5.41) is 8.42. The third-order valence-electron chi connectivity index (χ3n) is 5.19. The molecule has 9 heteroatoms. The fourth-order valence-electron chi connectivity index (χ4n) is 3.68. The number of ether oxygens (including phenoxy) is 1. The average Bonchev–Trinajstić information content (AvgIpc) is 3.09. The van der Waals surface area contributed by atoms with Gasteiger partial charge < -0.3 is 20.3 Å². The van der Waals surface area contributed by atoms with Gasteiger partial charge in [-0.2, -0.15) is 4.98 Å². The van der Waals surface area contributed by atoms with E-state index < -0.39 is 0 Å². The Hall–Kier alpha value is -2.23. The van der Waals surface area contributed by atoms with E-state index in [1.807, 2.05) is 6.08 Å². The second-order valence-electron chi connectivity index (χ2n) is 7.34. The molecular weight excluding hydrogens is 388 g/mol. The number of anilines is 2. The number of nitrogens with zero attached hydrogens (tertiary/aromatic N) is 3. The van der Waals surface area contributed by atoms with Gasteiger partial charge in [0.25, 0.3) is 5.56 Å². The van der Waals surface area contributed by atoms with Gasteiger partial charge in [-0.05, 0) is 25.8 Å². The maximum Gasteiger partial charge on any atom is 0.264 e. The minimum atomic E-state index is -0.176. The lowest BCUT2D eigenvalue weighted by atomic mass is 10.1. The zero-order chi connectivity index (χ0) is 20.2. The van der Waals surface area contributed by atoms with Gasteiger partial charge >= 0.3 is 0 Å². The van der Waals surface area contributed by atoms with Crippen molar-refractivity contribution in [2.24, 2.45) is 0 Å². The van der Waals surface area contributed by atoms with Crippen molar-refractivity contribution in [3.8, 4) is 10.6 Å². The first-order valence-corrected chi connectivity index (χ1v) is 11.1. The van der Waals surface area contributed by atoms with Gasteiger partial charge in [0.05, 0.1) is 18.6 Å². The lowest BCUT2D eigenvalue weighted by Crippen LogP contribution is -2.40. The summed E-state index contributed by atoms with van der Waals surface area (Å²) in [6, 6.07) is 0.232. The standard InChI is InChI=1S/C20H28N6O2S/c1-3-5-15-13(2)29-19(23-15)16-17(22-14-6-4-7-21-12-14)24-20(25-18(16)27)26-8-10-28-11-9-26/h5,14,21H,2-4,6-12H2,1H3,(H2,22,24,25,27)/b15-5+/t14-/m1/s1. The van der Waals surface area contributed by atoms with E-state index >= 15 is 0 Å². The molecule has 156 valence electrons. The summed E-state index contributed by atoms with van der Waals surface area (Å²) in [7, 11) is 0. The Morgan fingerprint density at radius 3 is 2.93 bits per heavy atom. The number of thiazole rings is 1. The van der Waals surface area contributed by atoms with E-state index in [0.717, 1.165) is 42.2 Å². The number of nitrogens with one attached hydrogen (secondary N) is 3. The Morgan fingerprint density at radius 2 is 2.21 bits per heavy atom. The minimum absolute atomic E-state index is 0.176. The Bertz CT molecular complexity index is 1000. The van der Waals surface area contributed by atoms with Crippen molar-refractivity contribution in [1.29, 1.82) is 0 Å². The summed E-state index contributed by atoms with van der Waals surface area (Å²) in [6.07, 6.45) is 5.04. The molecule has 29 heavy (non-hydrogen) atoms. The third kappa shape index (κ3) is 4.52. The van der Waals surface area contributed by atoms with Crippen LogP contribution < -0.4 is 31.0 Å². The van der Waals surface area contributed by atoms with Gasteiger partial charge in [-0.25, -0.2) is 4.98 Å². The largest absolute Gasteiger partial charge is 0.378 e. The van der Waals surface area contributed by atoms with Crippen molar-refractivity contribution in [2.75, 3.05) is 49.6 Å². The smallest absolute Gasteiger partial charge is 0.264 e. The maximum absolute atomic E-state index is 13.2. The minimum Gasteiger partial charge on any atom is -0.378 e. The molecule has 4 heterocycles. The predicted molar refractivity (Wildman–Crippen MR) is 118 cm³/mol. The summed E-state index contributed by atoms with van der Waals surface area (Å²) in [6.45, 7) is 10.7. The highest BCUT2D eigenvalue weighted by Crippen LogP contribution is 2.25. The zero-order valence-electron chi connectivity index (χ0n) is 16.8. The fraction of sp³-hybridized carbons (Fsp3) is 0.550. The van der Waals surface area contributed by atoms with Crippen LogP contribution in [0.2, 0.25) is 0 Å². The van der Waals surface area contributed by atoms with E-state index in [4.69, 9.17) is 9.72 Å². The molecule has 0 radical (unpaired) electrons. The SMILES string of the molecule is C=c1sc(-c2c(N[C@@H]3CCCNC3)nc(N3CCOCC3)[nH]c2=O)n/c1=C/CC. The first-order valence-electron chi connectivity index (χ1n) is 10.3. The molecule has 0 unspecified atom stereocenters. The van der Waals surface area contributed by atoms with Crippen LogP contribution in [0.25, 0.3) is 23.2 Å². The van der Waals surface area contributed by atoms with Gasteiger partial charge in [-0.1, -0.05) is 19.6 Å². The topological polar surface area (TPSA) is 95.2 Å². The summed E-state index contributed by atoms with van der Waals surface area (Å²) in [5.41, 5.74) is 0.322. The van der Waals surface area contributed by atoms with E-state index in [9.17, 15) is 4.79 Å². The molecule has 0 aliphatic carbocycles. The van der Waals surface area contributed by atoms with E-state index in [1.54, 1.807) is 0 Å². The van der Waals surface area contributed by atoms with Gasteiger partial charge in [0.15, 0.2) is 0 Å². The van der Waals surface area contributed by atoms with Crippen LogP contribution in [0.5, 0.6) is 0 Å². The number of rotatable bonds is 5. The average molecular weight is 417 g/mol. The first kappa shape index (κ1) is 20.1. The van der Waals surface area contributed by atoms with Gasteiger partial charge in [-0.15, -0.1) is 11.3 Å². The van der Waals surface area contributed by atoms with Crippen LogP contribution in [-0.2, 0) is 4.74 Å². The molecule has 0 saturated carbocycles. The van der Waals surface area contributed by atoms with Crippen LogP contribution in [0.15, 0.2) is 4.79 Å². The summed E-state index contributed by atoms with van der Waals surface area (Å²) in [5.74, 6) is 1.18. The second-order valence-corrected chi connectivity index (χ2v) is 8.42. The highest BCUT2D eigenvalue weighted by Gasteiger charge is 2.23. The molecule has 2 fully saturated rings. The highest BCUT2D eigenvalue weighted by atomic mass is 32.1. The normalized spacial score (nSPS) is 20.8. The molecule has 0 aromatic carbocycles.